The first-order valence-electron chi connectivity index (χ1n) is 6.80. The van der Waals surface area contributed by atoms with Gasteiger partial charge in [-0.1, -0.05) is 20.8 Å². The van der Waals surface area contributed by atoms with Crippen molar-refractivity contribution in [3.05, 3.63) is 0 Å². The highest BCUT2D eigenvalue weighted by molar-refractivity contribution is 4.83. The molecule has 1 saturated heterocycles. The number of nitrogens with zero attached hydrogens (tertiary/aromatic N) is 1. The van der Waals surface area contributed by atoms with E-state index in [0.29, 0.717) is 5.41 Å². The van der Waals surface area contributed by atoms with E-state index in [0.717, 1.165) is 18.8 Å². The van der Waals surface area contributed by atoms with Crippen molar-refractivity contribution in [2.75, 3.05) is 19.6 Å². The molecule has 0 radical (unpaired) electrons. The molecule has 0 bridgehead atoms. The SMILES string of the molecule is CC(O)CCCCN1CCC(C(C)(C)C)C1. The van der Waals surface area contributed by atoms with Gasteiger partial charge in [-0.25, -0.2) is 0 Å². The van der Waals surface area contributed by atoms with Gasteiger partial charge in [0.15, 0.2) is 0 Å². The minimum absolute atomic E-state index is 0.124. The predicted molar refractivity (Wildman–Crippen MR) is 69.5 cm³/mol. The van der Waals surface area contributed by atoms with Gasteiger partial charge in [-0.15, -0.1) is 0 Å². The largest absolute Gasteiger partial charge is 0.393 e. The number of hydrogen-bond donors (Lipinski definition) is 1. The zero-order valence-electron chi connectivity index (χ0n) is 11.5. The fourth-order valence-corrected chi connectivity index (χ4v) is 2.52. The van der Waals surface area contributed by atoms with Gasteiger partial charge in [-0.2, -0.15) is 0 Å². The number of aliphatic hydroxyl groups excluding tert-OH is 1. The first-order valence-corrected chi connectivity index (χ1v) is 6.80. The minimum atomic E-state index is -0.124. The minimum Gasteiger partial charge on any atom is -0.393 e. The number of likely N-dealkylation sites (tertiary alicyclic amines) is 1. The summed E-state index contributed by atoms with van der Waals surface area (Å²) >= 11 is 0. The Morgan fingerprint density at radius 3 is 2.50 bits per heavy atom. The first kappa shape index (κ1) is 14.0. The molecule has 2 heteroatoms. The molecule has 2 unspecified atom stereocenters. The fraction of sp³-hybridized carbons (Fsp3) is 1.00. The molecule has 1 heterocycles. The topological polar surface area (TPSA) is 23.5 Å². The Morgan fingerprint density at radius 2 is 2.00 bits per heavy atom. The lowest BCUT2D eigenvalue weighted by Gasteiger charge is -2.27. The standard InChI is InChI=1S/C14H29NO/c1-12(16)7-5-6-9-15-10-8-13(11-15)14(2,3)4/h12-13,16H,5-11H2,1-4H3. The molecular weight excluding hydrogens is 198 g/mol. The van der Waals surface area contributed by atoms with Crippen molar-refractivity contribution in [1.29, 1.82) is 0 Å². The van der Waals surface area contributed by atoms with Crippen molar-refractivity contribution in [2.24, 2.45) is 11.3 Å². The van der Waals surface area contributed by atoms with Crippen LogP contribution in [0.25, 0.3) is 0 Å². The van der Waals surface area contributed by atoms with Crippen LogP contribution in [0.4, 0.5) is 0 Å². The van der Waals surface area contributed by atoms with Crippen molar-refractivity contribution in [3.63, 3.8) is 0 Å². The molecule has 0 aliphatic carbocycles. The molecule has 2 nitrogen and oxygen atoms in total. The van der Waals surface area contributed by atoms with E-state index in [1.165, 1.54) is 32.5 Å². The van der Waals surface area contributed by atoms with E-state index in [1.807, 2.05) is 6.92 Å². The van der Waals surface area contributed by atoms with Gasteiger partial charge in [0.25, 0.3) is 0 Å². The molecule has 0 aromatic heterocycles. The Balaban J connectivity index is 2.12. The summed E-state index contributed by atoms with van der Waals surface area (Å²) < 4.78 is 0. The van der Waals surface area contributed by atoms with Crippen LogP contribution in [-0.4, -0.2) is 35.7 Å². The van der Waals surface area contributed by atoms with Crippen LogP contribution in [0.5, 0.6) is 0 Å². The quantitative estimate of drug-likeness (QED) is 0.730. The van der Waals surface area contributed by atoms with Gasteiger partial charge in [0.2, 0.25) is 0 Å². The monoisotopic (exact) mass is 227 g/mol. The average Bonchev–Trinajstić information content (AvgIpc) is 2.59. The third-order valence-corrected chi connectivity index (χ3v) is 3.84. The van der Waals surface area contributed by atoms with Crippen molar-refractivity contribution in [1.82, 2.24) is 4.90 Å². The van der Waals surface area contributed by atoms with Crippen LogP contribution in [0.1, 0.15) is 53.4 Å². The zero-order chi connectivity index (χ0) is 12.2. The third-order valence-electron chi connectivity index (χ3n) is 3.84. The van der Waals surface area contributed by atoms with Crippen LogP contribution in [-0.2, 0) is 0 Å². The second-order valence-corrected chi connectivity index (χ2v) is 6.50. The summed E-state index contributed by atoms with van der Waals surface area (Å²) in [5, 5.41) is 9.18. The Labute approximate surface area is 101 Å². The molecule has 1 aliphatic heterocycles. The summed E-state index contributed by atoms with van der Waals surface area (Å²) in [6.07, 6.45) is 4.59. The van der Waals surface area contributed by atoms with Gasteiger partial charge >= 0.3 is 0 Å². The highest BCUT2D eigenvalue weighted by Gasteiger charge is 2.31. The summed E-state index contributed by atoms with van der Waals surface area (Å²) in [7, 11) is 0. The normalized spacial score (nSPS) is 24.9. The van der Waals surface area contributed by atoms with Crippen molar-refractivity contribution in [2.45, 2.75) is 59.5 Å². The molecule has 2 atom stereocenters. The maximum atomic E-state index is 9.18. The Bertz CT molecular complexity index is 195. The van der Waals surface area contributed by atoms with E-state index in [9.17, 15) is 5.11 Å². The number of rotatable bonds is 5. The van der Waals surface area contributed by atoms with Crippen molar-refractivity contribution < 1.29 is 5.11 Å². The fourth-order valence-electron chi connectivity index (χ4n) is 2.52. The van der Waals surface area contributed by atoms with Crippen LogP contribution < -0.4 is 0 Å². The van der Waals surface area contributed by atoms with Crippen molar-refractivity contribution in [3.8, 4) is 0 Å². The van der Waals surface area contributed by atoms with Gasteiger partial charge < -0.3 is 10.0 Å². The van der Waals surface area contributed by atoms with Gasteiger partial charge in [-0.05, 0) is 57.0 Å². The lowest BCUT2D eigenvalue weighted by molar-refractivity contribution is 0.177. The molecule has 1 fully saturated rings. The molecule has 0 amide bonds. The van der Waals surface area contributed by atoms with Crippen LogP contribution in [0.15, 0.2) is 0 Å². The smallest absolute Gasteiger partial charge is 0.0512 e. The van der Waals surface area contributed by atoms with Gasteiger partial charge in [-0.3, -0.25) is 0 Å². The molecule has 1 rings (SSSR count). The predicted octanol–water partition coefficient (Wildman–Crippen LogP) is 2.91. The Hall–Kier alpha value is -0.0800. The van der Waals surface area contributed by atoms with Crippen LogP contribution in [0.2, 0.25) is 0 Å². The lowest BCUT2D eigenvalue weighted by atomic mass is 9.80. The average molecular weight is 227 g/mol. The van der Waals surface area contributed by atoms with E-state index in [-0.39, 0.29) is 6.10 Å². The van der Waals surface area contributed by atoms with Crippen LogP contribution >= 0.6 is 0 Å². The maximum Gasteiger partial charge on any atom is 0.0512 e. The van der Waals surface area contributed by atoms with E-state index in [1.54, 1.807) is 0 Å². The van der Waals surface area contributed by atoms with E-state index in [2.05, 4.69) is 25.7 Å². The summed E-state index contributed by atoms with van der Waals surface area (Å²) in [6.45, 7) is 12.7. The second-order valence-electron chi connectivity index (χ2n) is 6.50. The molecular formula is C14H29NO. The summed E-state index contributed by atoms with van der Waals surface area (Å²) in [5.74, 6) is 0.865. The van der Waals surface area contributed by atoms with Gasteiger partial charge in [0.1, 0.15) is 0 Å². The van der Waals surface area contributed by atoms with E-state index >= 15 is 0 Å². The second kappa shape index (κ2) is 6.02. The summed E-state index contributed by atoms with van der Waals surface area (Å²) in [5.41, 5.74) is 0.467. The van der Waals surface area contributed by atoms with E-state index in [4.69, 9.17) is 0 Å². The Morgan fingerprint density at radius 1 is 1.31 bits per heavy atom. The first-order chi connectivity index (χ1) is 7.39. The van der Waals surface area contributed by atoms with Crippen LogP contribution in [0.3, 0.4) is 0 Å². The van der Waals surface area contributed by atoms with E-state index < -0.39 is 0 Å². The molecule has 16 heavy (non-hydrogen) atoms. The zero-order valence-corrected chi connectivity index (χ0v) is 11.5. The Kier molecular flexibility index (Phi) is 5.26. The number of unbranched alkanes of at least 4 members (excludes halogenated alkanes) is 1. The molecule has 1 aliphatic rings. The molecule has 1 N–H and O–H groups in total. The molecule has 96 valence electrons. The van der Waals surface area contributed by atoms with Gasteiger partial charge in [0, 0.05) is 6.54 Å². The lowest BCUT2D eigenvalue weighted by Crippen LogP contribution is -2.26. The molecule has 0 aromatic carbocycles. The molecule has 0 saturated carbocycles. The summed E-state index contributed by atoms with van der Waals surface area (Å²) in [4.78, 5) is 2.60. The number of hydrogen-bond acceptors (Lipinski definition) is 2. The summed E-state index contributed by atoms with van der Waals surface area (Å²) in [6, 6.07) is 0. The maximum absolute atomic E-state index is 9.18. The van der Waals surface area contributed by atoms with Crippen LogP contribution in [0, 0.1) is 11.3 Å². The molecule has 0 aromatic rings. The highest BCUT2D eigenvalue weighted by atomic mass is 16.3. The number of aliphatic hydroxyl groups is 1. The third kappa shape index (κ3) is 4.84. The van der Waals surface area contributed by atoms with Gasteiger partial charge in [0.05, 0.1) is 6.10 Å². The highest BCUT2D eigenvalue weighted by Crippen LogP contribution is 2.33. The molecule has 0 spiro atoms. The van der Waals surface area contributed by atoms with Crippen molar-refractivity contribution >= 4 is 0 Å².